The van der Waals surface area contributed by atoms with Crippen LogP contribution in [0.5, 0.6) is 0 Å². The summed E-state index contributed by atoms with van der Waals surface area (Å²) in [5.41, 5.74) is 1.36. The molecule has 0 saturated carbocycles. The summed E-state index contributed by atoms with van der Waals surface area (Å²) >= 11 is 1.73. The highest BCUT2D eigenvalue weighted by atomic mass is 32.1. The van der Waals surface area contributed by atoms with Gasteiger partial charge in [-0.05, 0) is 17.9 Å². The topological polar surface area (TPSA) is 17.1 Å². The lowest BCUT2D eigenvalue weighted by atomic mass is 9.94. The Labute approximate surface area is 87.8 Å². The Morgan fingerprint density at radius 3 is 3.07 bits per heavy atom. The van der Waals surface area contributed by atoms with E-state index in [9.17, 15) is 4.79 Å². The van der Waals surface area contributed by atoms with Gasteiger partial charge in [-0.3, -0.25) is 0 Å². The van der Waals surface area contributed by atoms with Gasteiger partial charge in [-0.2, -0.15) is 0 Å². The highest BCUT2D eigenvalue weighted by molar-refractivity contribution is 7.10. The summed E-state index contributed by atoms with van der Waals surface area (Å²) in [5, 5.41) is 2.07. The lowest BCUT2D eigenvalue weighted by Gasteiger charge is -2.13. The minimum atomic E-state index is 0.308. The Morgan fingerprint density at radius 2 is 2.50 bits per heavy atom. The van der Waals surface area contributed by atoms with Crippen molar-refractivity contribution >= 4 is 17.6 Å². The molecule has 0 bridgehead atoms. The van der Waals surface area contributed by atoms with Crippen LogP contribution in [0, 0.1) is 0 Å². The molecule has 1 heterocycles. The molecule has 0 aromatic carbocycles. The van der Waals surface area contributed by atoms with Crippen molar-refractivity contribution in [3.63, 3.8) is 0 Å². The van der Waals surface area contributed by atoms with Gasteiger partial charge in [0.05, 0.1) is 0 Å². The van der Waals surface area contributed by atoms with Crippen LogP contribution < -0.4 is 0 Å². The van der Waals surface area contributed by atoms with Crippen molar-refractivity contribution in [3.8, 4) is 0 Å². The van der Waals surface area contributed by atoms with Gasteiger partial charge in [0, 0.05) is 17.2 Å². The maximum Gasteiger partial charge on any atom is 0.120 e. The average molecular weight is 204 g/mol. The molecule has 0 N–H and O–H groups in total. The van der Waals surface area contributed by atoms with E-state index in [2.05, 4.69) is 29.7 Å². The summed E-state index contributed by atoms with van der Waals surface area (Å²) in [7, 11) is 0. The number of hydrogen-bond donors (Lipinski definition) is 0. The summed E-state index contributed by atoms with van der Waals surface area (Å²) in [6.07, 6.45) is 8.96. The fourth-order valence-electron chi connectivity index (χ4n) is 1.76. The van der Waals surface area contributed by atoms with Crippen molar-refractivity contribution in [2.45, 2.75) is 18.8 Å². The Morgan fingerprint density at radius 1 is 1.57 bits per heavy atom. The van der Waals surface area contributed by atoms with E-state index in [1.54, 1.807) is 11.3 Å². The standard InChI is InChI=1S/C12H12OS/c13-8-7-11(10-4-1-2-5-10)12-6-3-9-14-12/h1-4,6,8-9,11H,5,7H2/t11-/m1/s1. The Bertz CT molecular complexity index is 360. The van der Waals surface area contributed by atoms with E-state index >= 15 is 0 Å². The smallest absolute Gasteiger partial charge is 0.120 e. The second-order valence-corrected chi connectivity index (χ2v) is 4.32. The number of hydrogen-bond acceptors (Lipinski definition) is 2. The Balaban J connectivity index is 2.20. The van der Waals surface area contributed by atoms with E-state index in [0.717, 1.165) is 12.7 Å². The summed E-state index contributed by atoms with van der Waals surface area (Å²) in [6, 6.07) is 4.15. The van der Waals surface area contributed by atoms with Crippen molar-refractivity contribution in [2.75, 3.05) is 0 Å². The summed E-state index contributed by atoms with van der Waals surface area (Å²) in [5.74, 6) is 0.308. The van der Waals surface area contributed by atoms with Gasteiger partial charge in [0.25, 0.3) is 0 Å². The number of thiophene rings is 1. The van der Waals surface area contributed by atoms with Crippen molar-refractivity contribution in [3.05, 3.63) is 46.2 Å². The van der Waals surface area contributed by atoms with E-state index in [0.29, 0.717) is 12.3 Å². The number of aldehydes is 1. The van der Waals surface area contributed by atoms with Crippen LogP contribution in [0.1, 0.15) is 23.6 Å². The average Bonchev–Trinajstić information content (AvgIpc) is 2.87. The summed E-state index contributed by atoms with van der Waals surface area (Å²) in [6.45, 7) is 0. The molecule has 1 aliphatic carbocycles. The van der Waals surface area contributed by atoms with Crippen LogP contribution in [0.4, 0.5) is 0 Å². The van der Waals surface area contributed by atoms with Crippen molar-refractivity contribution in [2.24, 2.45) is 0 Å². The third kappa shape index (κ3) is 1.85. The number of carbonyl (C=O) groups excluding carboxylic acids is 1. The van der Waals surface area contributed by atoms with Gasteiger partial charge in [0.1, 0.15) is 6.29 Å². The van der Waals surface area contributed by atoms with Gasteiger partial charge in [-0.1, -0.05) is 29.9 Å². The van der Waals surface area contributed by atoms with Gasteiger partial charge in [-0.25, -0.2) is 0 Å². The molecular formula is C12H12OS. The van der Waals surface area contributed by atoms with Crippen LogP contribution in [0.2, 0.25) is 0 Å². The van der Waals surface area contributed by atoms with Crippen LogP contribution in [0.25, 0.3) is 0 Å². The molecule has 1 nitrogen and oxygen atoms in total. The van der Waals surface area contributed by atoms with E-state index < -0.39 is 0 Å². The second kappa shape index (κ2) is 4.38. The number of rotatable bonds is 4. The van der Waals surface area contributed by atoms with Crippen molar-refractivity contribution < 1.29 is 4.79 Å². The molecule has 0 radical (unpaired) electrons. The van der Waals surface area contributed by atoms with Gasteiger partial charge in [-0.15, -0.1) is 11.3 Å². The first-order chi connectivity index (χ1) is 6.92. The van der Waals surface area contributed by atoms with E-state index in [1.807, 2.05) is 6.07 Å². The van der Waals surface area contributed by atoms with Gasteiger partial charge in [0.15, 0.2) is 0 Å². The molecule has 0 fully saturated rings. The van der Waals surface area contributed by atoms with E-state index in [1.165, 1.54) is 10.5 Å². The number of allylic oxidation sites excluding steroid dienone is 4. The molecular weight excluding hydrogens is 192 g/mol. The minimum absolute atomic E-state index is 0.308. The molecule has 0 aliphatic heterocycles. The monoisotopic (exact) mass is 204 g/mol. The lowest BCUT2D eigenvalue weighted by Crippen LogP contribution is -2.00. The maximum atomic E-state index is 10.6. The molecule has 2 rings (SSSR count). The fraction of sp³-hybridized carbons (Fsp3) is 0.250. The maximum absolute atomic E-state index is 10.6. The molecule has 1 atom stereocenters. The zero-order chi connectivity index (χ0) is 9.80. The third-order valence-electron chi connectivity index (χ3n) is 2.47. The Hall–Kier alpha value is -1.15. The highest BCUT2D eigenvalue weighted by Crippen LogP contribution is 2.34. The highest BCUT2D eigenvalue weighted by Gasteiger charge is 2.17. The largest absolute Gasteiger partial charge is 0.303 e. The van der Waals surface area contributed by atoms with Crippen LogP contribution in [-0.4, -0.2) is 6.29 Å². The van der Waals surface area contributed by atoms with Gasteiger partial charge in [0.2, 0.25) is 0 Å². The van der Waals surface area contributed by atoms with Crippen molar-refractivity contribution in [1.82, 2.24) is 0 Å². The predicted molar refractivity (Wildman–Crippen MR) is 59.6 cm³/mol. The van der Waals surface area contributed by atoms with Crippen LogP contribution >= 0.6 is 11.3 Å². The predicted octanol–water partition coefficient (Wildman–Crippen LogP) is 3.31. The normalized spacial score (nSPS) is 16.7. The van der Waals surface area contributed by atoms with Gasteiger partial charge < -0.3 is 4.79 Å². The van der Waals surface area contributed by atoms with Crippen LogP contribution in [0.15, 0.2) is 41.3 Å². The molecule has 0 saturated heterocycles. The number of carbonyl (C=O) groups is 1. The molecule has 72 valence electrons. The van der Waals surface area contributed by atoms with Crippen molar-refractivity contribution in [1.29, 1.82) is 0 Å². The van der Waals surface area contributed by atoms with Crippen LogP contribution in [0.3, 0.4) is 0 Å². The molecule has 14 heavy (non-hydrogen) atoms. The molecule has 2 heteroatoms. The van der Waals surface area contributed by atoms with E-state index in [-0.39, 0.29) is 0 Å². The van der Waals surface area contributed by atoms with E-state index in [4.69, 9.17) is 0 Å². The first kappa shape index (κ1) is 9.41. The molecule has 1 aliphatic rings. The SMILES string of the molecule is O=CC[C@H](C1=CC=CC1)c1cccs1. The Kier molecular flexibility index (Phi) is 2.94. The van der Waals surface area contributed by atoms with Gasteiger partial charge >= 0.3 is 0 Å². The zero-order valence-electron chi connectivity index (χ0n) is 7.85. The molecule has 0 unspecified atom stereocenters. The zero-order valence-corrected chi connectivity index (χ0v) is 8.67. The minimum Gasteiger partial charge on any atom is -0.303 e. The van der Waals surface area contributed by atoms with Crippen LogP contribution in [-0.2, 0) is 4.79 Å². The quantitative estimate of drug-likeness (QED) is 0.688. The molecule has 0 amide bonds. The first-order valence-electron chi connectivity index (χ1n) is 4.74. The molecule has 0 spiro atoms. The molecule has 1 aromatic heterocycles. The first-order valence-corrected chi connectivity index (χ1v) is 5.62. The second-order valence-electron chi connectivity index (χ2n) is 3.34. The lowest BCUT2D eigenvalue weighted by molar-refractivity contribution is -0.108. The fourth-order valence-corrected chi connectivity index (χ4v) is 2.64. The molecule has 1 aromatic rings. The summed E-state index contributed by atoms with van der Waals surface area (Å²) in [4.78, 5) is 11.9. The summed E-state index contributed by atoms with van der Waals surface area (Å²) < 4.78 is 0. The third-order valence-corrected chi connectivity index (χ3v) is 3.45.